The van der Waals surface area contributed by atoms with Gasteiger partial charge in [0, 0.05) is 16.0 Å². The van der Waals surface area contributed by atoms with Gasteiger partial charge in [0.05, 0.1) is 5.75 Å². The second-order valence-corrected chi connectivity index (χ2v) is 4.46. The highest BCUT2D eigenvalue weighted by Gasteiger charge is 2.14. The van der Waals surface area contributed by atoms with Crippen molar-refractivity contribution in [2.24, 2.45) is 5.73 Å². The molecule has 0 saturated heterocycles. The minimum Gasteiger partial charge on any atom is -0.480 e. The van der Waals surface area contributed by atoms with Gasteiger partial charge in [0.15, 0.2) is 0 Å². The van der Waals surface area contributed by atoms with E-state index in [2.05, 4.69) is 0 Å². The number of carbonyl (C=O) groups is 1. The lowest BCUT2D eigenvalue weighted by molar-refractivity contribution is -0.137. The second-order valence-electron chi connectivity index (χ2n) is 2.12. The van der Waals surface area contributed by atoms with Crippen LogP contribution in [0.3, 0.4) is 0 Å². The SMILES string of the molecule is CS(=N)(=O)C[C@@H](N)C(=O)O. The number of nitrogens with two attached hydrogens (primary N) is 1. The lowest BCUT2D eigenvalue weighted by atomic mass is 10.4. The van der Waals surface area contributed by atoms with E-state index in [0.29, 0.717) is 0 Å². The highest BCUT2D eigenvalue weighted by molar-refractivity contribution is 7.91. The van der Waals surface area contributed by atoms with Gasteiger partial charge in [-0.3, -0.25) is 13.8 Å². The van der Waals surface area contributed by atoms with E-state index in [-0.39, 0.29) is 5.75 Å². The van der Waals surface area contributed by atoms with Crippen LogP contribution in [0.15, 0.2) is 0 Å². The molecule has 0 saturated carbocycles. The van der Waals surface area contributed by atoms with Gasteiger partial charge in [-0.15, -0.1) is 0 Å². The molecule has 0 aromatic carbocycles. The Morgan fingerprint density at radius 2 is 2.30 bits per heavy atom. The average Bonchev–Trinajstić information content (AvgIpc) is 1.60. The van der Waals surface area contributed by atoms with Crippen LogP contribution in [0.4, 0.5) is 0 Å². The molecule has 0 bridgehead atoms. The minimum absolute atomic E-state index is 0.289. The third-order valence-corrected chi connectivity index (χ3v) is 1.81. The average molecular weight is 166 g/mol. The fraction of sp³-hybridized carbons (Fsp3) is 0.750. The van der Waals surface area contributed by atoms with Crippen LogP contribution in [-0.2, 0) is 14.5 Å². The molecule has 0 amide bonds. The zero-order chi connectivity index (χ0) is 8.36. The van der Waals surface area contributed by atoms with Crippen molar-refractivity contribution in [3.63, 3.8) is 0 Å². The Balaban J connectivity index is 4.06. The second kappa shape index (κ2) is 2.98. The molecule has 0 aromatic heterocycles. The lowest BCUT2D eigenvalue weighted by Crippen LogP contribution is -2.36. The fourth-order valence-electron chi connectivity index (χ4n) is 0.414. The van der Waals surface area contributed by atoms with Crippen LogP contribution in [0.25, 0.3) is 0 Å². The highest BCUT2D eigenvalue weighted by atomic mass is 32.2. The summed E-state index contributed by atoms with van der Waals surface area (Å²) in [5, 5.41) is 8.21. The smallest absolute Gasteiger partial charge is 0.321 e. The number of hydrogen-bond donors (Lipinski definition) is 3. The summed E-state index contributed by atoms with van der Waals surface area (Å²) < 4.78 is 17.5. The number of aliphatic carboxylic acids is 1. The Morgan fingerprint density at radius 1 is 1.90 bits per heavy atom. The maximum Gasteiger partial charge on any atom is 0.321 e. The third-order valence-electron chi connectivity index (χ3n) is 0.815. The molecule has 60 valence electrons. The summed E-state index contributed by atoms with van der Waals surface area (Å²) in [4.78, 5) is 10.0. The van der Waals surface area contributed by atoms with Crippen LogP contribution in [0.2, 0.25) is 0 Å². The number of hydrogen-bond acceptors (Lipinski definition) is 4. The molecule has 0 radical (unpaired) electrons. The number of carboxylic acids is 1. The first-order valence-electron chi connectivity index (χ1n) is 2.53. The molecule has 0 heterocycles. The molecular weight excluding hydrogens is 156 g/mol. The first kappa shape index (κ1) is 9.38. The van der Waals surface area contributed by atoms with E-state index in [1.165, 1.54) is 0 Å². The number of carboxylic acid groups (broad SMARTS) is 1. The monoisotopic (exact) mass is 166 g/mol. The van der Waals surface area contributed by atoms with Crippen molar-refractivity contribution in [3.8, 4) is 0 Å². The van der Waals surface area contributed by atoms with E-state index in [1.54, 1.807) is 0 Å². The van der Waals surface area contributed by atoms with E-state index < -0.39 is 21.7 Å². The zero-order valence-electron chi connectivity index (χ0n) is 5.53. The topological polar surface area (TPSA) is 104 Å². The molecule has 0 rings (SSSR count). The molecule has 0 aliphatic rings. The predicted octanol–water partition coefficient (Wildman–Crippen LogP) is -0.925. The van der Waals surface area contributed by atoms with E-state index in [9.17, 15) is 9.00 Å². The molecule has 4 N–H and O–H groups in total. The van der Waals surface area contributed by atoms with Crippen molar-refractivity contribution >= 4 is 15.7 Å². The van der Waals surface area contributed by atoms with E-state index in [4.69, 9.17) is 15.6 Å². The van der Waals surface area contributed by atoms with Crippen LogP contribution in [-0.4, -0.2) is 33.3 Å². The van der Waals surface area contributed by atoms with E-state index >= 15 is 0 Å². The molecule has 0 fully saturated rings. The summed E-state index contributed by atoms with van der Waals surface area (Å²) in [6, 6.07) is -1.19. The predicted molar refractivity (Wildman–Crippen MR) is 37.3 cm³/mol. The van der Waals surface area contributed by atoms with Crippen molar-refractivity contribution in [2.75, 3.05) is 12.0 Å². The summed E-state index contributed by atoms with van der Waals surface area (Å²) >= 11 is 0. The lowest BCUT2D eigenvalue weighted by Gasteiger charge is -2.04. The van der Waals surface area contributed by atoms with Gasteiger partial charge in [0.1, 0.15) is 6.04 Å². The third kappa shape index (κ3) is 4.28. The zero-order valence-corrected chi connectivity index (χ0v) is 6.35. The van der Waals surface area contributed by atoms with Gasteiger partial charge in [-0.05, 0) is 0 Å². The molecule has 2 atom stereocenters. The molecular formula is C4H10N2O3S. The standard InChI is InChI=1S/C4H10N2O3S/c1-10(6,9)2-3(5)4(7)8/h3,6H,2,5H2,1H3,(H,7,8)/t3-,10?/m1/s1. The Morgan fingerprint density at radius 3 is 2.40 bits per heavy atom. The summed E-state index contributed by atoms with van der Waals surface area (Å²) in [5.74, 6) is -1.51. The quantitative estimate of drug-likeness (QED) is 0.504. The van der Waals surface area contributed by atoms with Crippen molar-refractivity contribution < 1.29 is 14.1 Å². The van der Waals surface area contributed by atoms with Crippen LogP contribution in [0, 0.1) is 4.78 Å². The van der Waals surface area contributed by atoms with Gasteiger partial charge in [-0.25, -0.2) is 0 Å². The van der Waals surface area contributed by atoms with Crippen molar-refractivity contribution in [1.29, 1.82) is 4.78 Å². The van der Waals surface area contributed by atoms with Gasteiger partial charge < -0.3 is 10.8 Å². The first-order chi connectivity index (χ1) is 4.33. The van der Waals surface area contributed by atoms with Crippen molar-refractivity contribution in [1.82, 2.24) is 0 Å². The Hall–Kier alpha value is -0.620. The molecule has 0 aliphatic carbocycles. The van der Waals surface area contributed by atoms with Crippen LogP contribution < -0.4 is 5.73 Å². The molecule has 6 heteroatoms. The summed E-state index contributed by atoms with van der Waals surface area (Å²) in [7, 11) is -2.77. The van der Waals surface area contributed by atoms with E-state index in [1.807, 2.05) is 0 Å². The first-order valence-corrected chi connectivity index (χ1v) is 4.66. The van der Waals surface area contributed by atoms with Crippen LogP contribution in [0.1, 0.15) is 0 Å². The largest absolute Gasteiger partial charge is 0.480 e. The summed E-state index contributed by atoms with van der Waals surface area (Å²) in [5.41, 5.74) is 5.00. The number of nitrogens with one attached hydrogen (secondary N) is 1. The van der Waals surface area contributed by atoms with Gasteiger partial charge >= 0.3 is 5.97 Å². The van der Waals surface area contributed by atoms with Gasteiger partial charge in [-0.2, -0.15) is 0 Å². The van der Waals surface area contributed by atoms with Crippen LogP contribution >= 0.6 is 0 Å². The Labute approximate surface area is 59.2 Å². The summed E-state index contributed by atoms with van der Waals surface area (Å²) in [6.45, 7) is 0. The normalized spacial score (nSPS) is 19.4. The fourth-order valence-corrected chi connectivity index (χ4v) is 1.24. The summed E-state index contributed by atoms with van der Waals surface area (Å²) in [6.07, 6.45) is 1.16. The molecule has 0 aromatic rings. The van der Waals surface area contributed by atoms with Gasteiger partial charge in [-0.1, -0.05) is 0 Å². The molecule has 0 aliphatic heterocycles. The van der Waals surface area contributed by atoms with Crippen molar-refractivity contribution in [2.45, 2.75) is 6.04 Å². The van der Waals surface area contributed by atoms with Gasteiger partial charge in [0.2, 0.25) is 0 Å². The Bertz CT molecular complexity index is 221. The molecule has 5 nitrogen and oxygen atoms in total. The maximum absolute atomic E-state index is 10.6. The molecule has 1 unspecified atom stereocenters. The maximum atomic E-state index is 10.6. The minimum atomic E-state index is -2.77. The van der Waals surface area contributed by atoms with Crippen LogP contribution in [0.5, 0.6) is 0 Å². The van der Waals surface area contributed by atoms with Gasteiger partial charge in [0.25, 0.3) is 0 Å². The number of rotatable bonds is 3. The highest BCUT2D eigenvalue weighted by Crippen LogP contribution is 1.88. The van der Waals surface area contributed by atoms with Crippen molar-refractivity contribution in [3.05, 3.63) is 0 Å². The van der Waals surface area contributed by atoms with E-state index in [0.717, 1.165) is 6.26 Å². The molecule has 0 spiro atoms. The molecule has 10 heavy (non-hydrogen) atoms. The Kier molecular flexibility index (Phi) is 2.79.